The molecule has 0 saturated carbocycles. The number of rotatable bonds is 9. The van der Waals surface area contributed by atoms with Crippen molar-refractivity contribution >= 4 is 17.3 Å². The highest BCUT2D eigenvalue weighted by Gasteiger charge is 2.06. The van der Waals surface area contributed by atoms with E-state index in [2.05, 4.69) is 41.5 Å². The molecule has 0 radical (unpaired) electrons. The van der Waals surface area contributed by atoms with E-state index in [1.807, 2.05) is 36.4 Å². The van der Waals surface area contributed by atoms with Gasteiger partial charge < -0.3 is 20.3 Å². The summed E-state index contributed by atoms with van der Waals surface area (Å²) in [5.74, 6) is 0.724. The highest BCUT2D eigenvalue weighted by atomic mass is 16.5. The van der Waals surface area contributed by atoms with Gasteiger partial charge in [-0.25, -0.2) is 0 Å². The van der Waals surface area contributed by atoms with E-state index in [0.29, 0.717) is 6.54 Å². The van der Waals surface area contributed by atoms with Gasteiger partial charge in [-0.1, -0.05) is 18.2 Å². The monoisotopic (exact) mass is 341 g/mol. The summed E-state index contributed by atoms with van der Waals surface area (Å²) in [7, 11) is 1.63. The van der Waals surface area contributed by atoms with Crippen LogP contribution in [-0.4, -0.2) is 32.7 Å². The minimum absolute atomic E-state index is 0.0567. The van der Waals surface area contributed by atoms with Crippen LogP contribution in [0.3, 0.4) is 0 Å². The van der Waals surface area contributed by atoms with Crippen LogP contribution in [0, 0.1) is 0 Å². The molecule has 2 aromatic carbocycles. The molecule has 0 fully saturated rings. The van der Waals surface area contributed by atoms with Crippen molar-refractivity contribution in [1.29, 1.82) is 0 Å². The number of hydrogen-bond acceptors (Lipinski definition) is 4. The first-order chi connectivity index (χ1) is 12.2. The van der Waals surface area contributed by atoms with E-state index in [1.165, 1.54) is 5.69 Å². The Labute approximate surface area is 150 Å². The average molecular weight is 341 g/mol. The summed E-state index contributed by atoms with van der Waals surface area (Å²) in [6, 6.07) is 15.8. The third-order valence-electron chi connectivity index (χ3n) is 4.12. The van der Waals surface area contributed by atoms with Crippen molar-refractivity contribution < 1.29 is 9.53 Å². The lowest BCUT2D eigenvalue weighted by Gasteiger charge is -2.21. The van der Waals surface area contributed by atoms with Gasteiger partial charge in [0.15, 0.2) is 0 Å². The van der Waals surface area contributed by atoms with Crippen LogP contribution in [0.4, 0.5) is 11.4 Å². The van der Waals surface area contributed by atoms with Crippen molar-refractivity contribution in [1.82, 2.24) is 5.32 Å². The molecule has 2 aromatic rings. The van der Waals surface area contributed by atoms with Gasteiger partial charge in [0.25, 0.3) is 0 Å². The van der Waals surface area contributed by atoms with Gasteiger partial charge in [0.05, 0.1) is 13.7 Å². The summed E-state index contributed by atoms with van der Waals surface area (Å²) in [4.78, 5) is 14.3. The van der Waals surface area contributed by atoms with E-state index in [1.54, 1.807) is 7.11 Å². The lowest BCUT2D eigenvalue weighted by atomic mass is 10.2. The molecule has 0 unspecified atom stereocenters. The Morgan fingerprint density at radius 2 is 1.72 bits per heavy atom. The average Bonchev–Trinajstić information content (AvgIpc) is 2.66. The predicted molar refractivity (Wildman–Crippen MR) is 103 cm³/mol. The molecule has 0 aliphatic rings. The first-order valence-corrected chi connectivity index (χ1v) is 8.65. The van der Waals surface area contributed by atoms with Crippen molar-refractivity contribution in [3.63, 3.8) is 0 Å². The highest BCUT2D eigenvalue weighted by Crippen LogP contribution is 2.18. The molecule has 5 heteroatoms. The maximum Gasteiger partial charge on any atom is 0.239 e. The zero-order valence-corrected chi connectivity index (χ0v) is 15.2. The molecule has 0 spiro atoms. The van der Waals surface area contributed by atoms with E-state index >= 15 is 0 Å². The molecule has 2 N–H and O–H groups in total. The van der Waals surface area contributed by atoms with Gasteiger partial charge in [-0.15, -0.1) is 0 Å². The second-order valence-corrected chi connectivity index (χ2v) is 5.66. The Morgan fingerprint density at radius 3 is 2.36 bits per heavy atom. The van der Waals surface area contributed by atoms with E-state index in [4.69, 9.17) is 4.74 Å². The van der Waals surface area contributed by atoms with E-state index < -0.39 is 0 Å². The number of nitrogens with one attached hydrogen (secondary N) is 2. The van der Waals surface area contributed by atoms with Gasteiger partial charge >= 0.3 is 0 Å². The number of carbonyl (C=O) groups excluding carboxylic acids is 1. The van der Waals surface area contributed by atoms with Crippen molar-refractivity contribution in [2.45, 2.75) is 20.4 Å². The molecular formula is C20H27N3O2. The molecule has 2 rings (SSSR count). The summed E-state index contributed by atoms with van der Waals surface area (Å²) in [5, 5.41) is 6.05. The number of amides is 1. The van der Waals surface area contributed by atoms with Crippen molar-refractivity contribution in [3.8, 4) is 5.75 Å². The first kappa shape index (κ1) is 18.6. The fraction of sp³-hybridized carbons (Fsp3) is 0.350. The molecule has 5 nitrogen and oxygen atoms in total. The highest BCUT2D eigenvalue weighted by molar-refractivity contribution is 5.80. The van der Waals surface area contributed by atoms with Crippen LogP contribution >= 0.6 is 0 Å². The molecular weight excluding hydrogens is 314 g/mol. The van der Waals surface area contributed by atoms with Gasteiger partial charge in [-0.2, -0.15) is 0 Å². The third-order valence-corrected chi connectivity index (χ3v) is 4.12. The summed E-state index contributed by atoms with van der Waals surface area (Å²) < 4.78 is 5.28. The molecule has 25 heavy (non-hydrogen) atoms. The molecule has 0 saturated heterocycles. The van der Waals surface area contributed by atoms with Crippen LogP contribution < -0.4 is 20.3 Å². The van der Waals surface area contributed by atoms with Gasteiger partial charge in [0.2, 0.25) is 5.91 Å². The SMILES string of the molecule is CCN(CC)c1ccc(NCC(=O)NCc2ccccc2OC)cc1. The lowest BCUT2D eigenvalue weighted by Crippen LogP contribution is -2.29. The zero-order valence-electron chi connectivity index (χ0n) is 15.2. The Kier molecular flexibility index (Phi) is 7.14. The van der Waals surface area contributed by atoms with Crippen LogP contribution in [0.2, 0.25) is 0 Å². The molecule has 0 aliphatic heterocycles. The summed E-state index contributed by atoms with van der Waals surface area (Å²) in [6.45, 7) is 6.93. The normalized spacial score (nSPS) is 10.2. The van der Waals surface area contributed by atoms with Gasteiger partial charge in [-0.3, -0.25) is 4.79 Å². The lowest BCUT2D eigenvalue weighted by molar-refractivity contribution is -0.119. The summed E-state index contributed by atoms with van der Waals surface area (Å²) in [5.41, 5.74) is 3.08. The van der Waals surface area contributed by atoms with Crippen molar-refractivity contribution in [2.75, 3.05) is 37.0 Å². The maximum absolute atomic E-state index is 12.0. The molecule has 0 aromatic heterocycles. The Morgan fingerprint density at radius 1 is 1.04 bits per heavy atom. The Hall–Kier alpha value is -2.69. The zero-order chi connectivity index (χ0) is 18.1. The second kappa shape index (κ2) is 9.57. The number of methoxy groups -OCH3 is 1. The van der Waals surface area contributed by atoms with Crippen molar-refractivity contribution in [2.24, 2.45) is 0 Å². The second-order valence-electron chi connectivity index (χ2n) is 5.66. The molecule has 134 valence electrons. The summed E-state index contributed by atoms with van der Waals surface area (Å²) >= 11 is 0. The summed E-state index contributed by atoms with van der Waals surface area (Å²) in [6.07, 6.45) is 0. The minimum Gasteiger partial charge on any atom is -0.496 e. The Bertz CT molecular complexity index is 667. The van der Waals surface area contributed by atoms with Crippen molar-refractivity contribution in [3.05, 3.63) is 54.1 Å². The molecule has 0 atom stereocenters. The standard InChI is InChI=1S/C20H27N3O2/c1-4-23(5-2)18-12-10-17(11-13-18)21-15-20(24)22-14-16-8-6-7-9-19(16)25-3/h6-13,21H,4-5,14-15H2,1-3H3,(H,22,24). The van der Waals surface area contributed by atoms with Crippen LogP contribution in [0.25, 0.3) is 0 Å². The van der Waals surface area contributed by atoms with Crippen LogP contribution in [0.15, 0.2) is 48.5 Å². The van der Waals surface area contributed by atoms with Gasteiger partial charge in [0.1, 0.15) is 5.75 Å². The van der Waals surface area contributed by atoms with E-state index in [0.717, 1.165) is 30.1 Å². The minimum atomic E-state index is -0.0567. The fourth-order valence-corrected chi connectivity index (χ4v) is 2.67. The first-order valence-electron chi connectivity index (χ1n) is 8.65. The smallest absolute Gasteiger partial charge is 0.239 e. The quantitative estimate of drug-likeness (QED) is 0.735. The molecule has 0 aliphatic carbocycles. The number of hydrogen-bond donors (Lipinski definition) is 2. The van der Waals surface area contributed by atoms with E-state index in [-0.39, 0.29) is 12.5 Å². The number of ether oxygens (including phenoxy) is 1. The van der Waals surface area contributed by atoms with Gasteiger partial charge in [0, 0.05) is 36.6 Å². The molecule has 1 amide bonds. The van der Waals surface area contributed by atoms with E-state index in [9.17, 15) is 4.79 Å². The maximum atomic E-state index is 12.0. The number of carbonyl (C=O) groups is 1. The molecule has 0 heterocycles. The number of benzene rings is 2. The fourth-order valence-electron chi connectivity index (χ4n) is 2.67. The van der Waals surface area contributed by atoms with Gasteiger partial charge in [-0.05, 0) is 44.2 Å². The van der Waals surface area contributed by atoms with Crippen LogP contribution in [-0.2, 0) is 11.3 Å². The predicted octanol–water partition coefficient (Wildman–Crippen LogP) is 3.27. The Balaban J connectivity index is 1.81. The van der Waals surface area contributed by atoms with Crippen LogP contribution in [0.1, 0.15) is 19.4 Å². The largest absolute Gasteiger partial charge is 0.496 e. The van der Waals surface area contributed by atoms with Crippen LogP contribution in [0.5, 0.6) is 5.75 Å². The topological polar surface area (TPSA) is 53.6 Å². The number of nitrogens with zero attached hydrogens (tertiary/aromatic N) is 1. The number of para-hydroxylation sites is 1. The third kappa shape index (κ3) is 5.41. The molecule has 0 bridgehead atoms. The number of anilines is 2.